The Kier molecular flexibility index (Phi) is 5.87. The maximum atomic E-state index is 12.3. The number of nitrogens with two attached hydrogens (primary N) is 1. The zero-order valence-electron chi connectivity index (χ0n) is 12.3. The molecule has 1 aliphatic heterocycles. The number of benzene rings is 1. The Hall–Kier alpha value is -1.75. The van der Waals surface area contributed by atoms with E-state index in [9.17, 15) is 9.90 Å². The lowest BCUT2D eigenvalue weighted by molar-refractivity contribution is -0.134. The second-order valence-electron chi connectivity index (χ2n) is 5.41. The van der Waals surface area contributed by atoms with Gasteiger partial charge in [0.2, 0.25) is 5.91 Å². The highest BCUT2D eigenvalue weighted by Crippen LogP contribution is 2.21. The molecule has 1 heterocycles. The number of carbonyl (C=O) groups excluding carboxylic acids is 1. The molecule has 2 rings (SSSR count). The number of hydrogen-bond acceptors (Lipinski definition) is 4. The number of nitrogen functional groups attached to an aromatic ring is 1. The number of amides is 1. The van der Waals surface area contributed by atoms with Crippen LogP contribution < -0.4 is 10.5 Å². The highest BCUT2D eigenvalue weighted by atomic mass is 16.5. The molecule has 116 valence electrons. The van der Waals surface area contributed by atoms with E-state index < -0.39 is 0 Å². The number of aliphatic hydroxyl groups excluding tert-OH is 1. The van der Waals surface area contributed by atoms with Crippen LogP contribution in [0, 0.1) is 0 Å². The van der Waals surface area contributed by atoms with Gasteiger partial charge in [0.15, 0.2) is 0 Å². The van der Waals surface area contributed by atoms with Crippen LogP contribution in [0.5, 0.6) is 5.75 Å². The normalized spacial score (nSPS) is 19.1. The highest BCUT2D eigenvalue weighted by molar-refractivity contribution is 5.76. The van der Waals surface area contributed by atoms with E-state index >= 15 is 0 Å². The number of ether oxygens (including phenoxy) is 1. The third-order valence-electron chi connectivity index (χ3n) is 3.90. The molecular formula is C16H24N2O3. The number of carbonyl (C=O) groups is 1. The zero-order chi connectivity index (χ0) is 15.1. The van der Waals surface area contributed by atoms with Crippen molar-refractivity contribution in [2.45, 2.75) is 38.1 Å². The van der Waals surface area contributed by atoms with Crippen molar-refractivity contribution in [2.75, 3.05) is 25.5 Å². The van der Waals surface area contributed by atoms with Gasteiger partial charge in [-0.05, 0) is 25.0 Å². The van der Waals surface area contributed by atoms with Gasteiger partial charge in [0.05, 0.1) is 31.4 Å². The topological polar surface area (TPSA) is 75.8 Å². The Morgan fingerprint density at radius 1 is 1.33 bits per heavy atom. The quantitative estimate of drug-likeness (QED) is 0.811. The minimum atomic E-state index is -0.0400. The van der Waals surface area contributed by atoms with Crippen LogP contribution in [0.2, 0.25) is 0 Å². The molecule has 0 aliphatic carbocycles. The standard InChI is InChI=1S/C16H24N2O3/c17-14-7-3-4-8-15(14)21-11-9-16(20)18-10-5-1-2-6-13(18)12-19/h3-4,7-8,13,19H,1-2,5-6,9-12,17H2. The molecule has 1 aromatic rings. The molecule has 0 bridgehead atoms. The maximum Gasteiger partial charge on any atom is 0.226 e. The van der Waals surface area contributed by atoms with Gasteiger partial charge in [-0.2, -0.15) is 0 Å². The SMILES string of the molecule is Nc1ccccc1OCCC(=O)N1CCCCCC1CO. The largest absolute Gasteiger partial charge is 0.491 e. The molecule has 1 fully saturated rings. The molecule has 0 spiro atoms. The molecule has 1 unspecified atom stereocenters. The van der Waals surface area contributed by atoms with Gasteiger partial charge in [-0.1, -0.05) is 25.0 Å². The summed E-state index contributed by atoms with van der Waals surface area (Å²) in [6, 6.07) is 7.22. The summed E-state index contributed by atoms with van der Waals surface area (Å²) in [5.41, 5.74) is 6.37. The van der Waals surface area contributed by atoms with Crippen molar-refractivity contribution in [1.82, 2.24) is 4.90 Å². The predicted molar refractivity (Wildman–Crippen MR) is 82.0 cm³/mol. The number of anilines is 1. The average Bonchev–Trinajstić information content (AvgIpc) is 2.74. The summed E-state index contributed by atoms with van der Waals surface area (Å²) in [5.74, 6) is 0.658. The number of rotatable bonds is 5. The number of para-hydroxylation sites is 2. The van der Waals surface area contributed by atoms with Crippen molar-refractivity contribution in [3.63, 3.8) is 0 Å². The minimum absolute atomic E-state index is 0.0399. The molecule has 5 nitrogen and oxygen atoms in total. The zero-order valence-corrected chi connectivity index (χ0v) is 12.3. The molecule has 1 atom stereocenters. The van der Waals surface area contributed by atoms with Crippen LogP contribution in [0.1, 0.15) is 32.1 Å². The van der Waals surface area contributed by atoms with Crippen LogP contribution in [0.3, 0.4) is 0 Å². The second-order valence-corrected chi connectivity index (χ2v) is 5.41. The molecular weight excluding hydrogens is 268 g/mol. The predicted octanol–water partition coefficient (Wildman–Crippen LogP) is 1.80. The van der Waals surface area contributed by atoms with Crippen LogP contribution in [0.25, 0.3) is 0 Å². The van der Waals surface area contributed by atoms with E-state index in [0.717, 1.165) is 32.2 Å². The third kappa shape index (κ3) is 4.36. The van der Waals surface area contributed by atoms with E-state index in [1.54, 1.807) is 12.1 Å². The van der Waals surface area contributed by atoms with Crippen molar-refractivity contribution in [3.8, 4) is 5.75 Å². The summed E-state index contributed by atoms with van der Waals surface area (Å²) in [6.07, 6.45) is 4.40. The lowest BCUT2D eigenvalue weighted by Gasteiger charge is -2.28. The van der Waals surface area contributed by atoms with Crippen molar-refractivity contribution < 1.29 is 14.6 Å². The lowest BCUT2D eigenvalue weighted by atomic mass is 10.1. The summed E-state index contributed by atoms with van der Waals surface area (Å²) in [4.78, 5) is 14.1. The molecule has 1 saturated heterocycles. The van der Waals surface area contributed by atoms with E-state index in [1.807, 2.05) is 17.0 Å². The molecule has 3 N–H and O–H groups in total. The first-order valence-electron chi connectivity index (χ1n) is 7.60. The van der Waals surface area contributed by atoms with Crippen LogP contribution in [-0.2, 0) is 4.79 Å². The minimum Gasteiger partial charge on any atom is -0.491 e. The van der Waals surface area contributed by atoms with Crippen molar-refractivity contribution in [2.24, 2.45) is 0 Å². The number of likely N-dealkylation sites (tertiary alicyclic amines) is 1. The molecule has 0 saturated carbocycles. The monoisotopic (exact) mass is 292 g/mol. The number of hydrogen-bond donors (Lipinski definition) is 2. The molecule has 21 heavy (non-hydrogen) atoms. The number of aliphatic hydroxyl groups is 1. The molecule has 1 amide bonds. The fourth-order valence-corrected chi connectivity index (χ4v) is 2.70. The van der Waals surface area contributed by atoms with Crippen molar-refractivity contribution >= 4 is 11.6 Å². The first-order chi connectivity index (χ1) is 10.2. The first-order valence-corrected chi connectivity index (χ1v) is 7.60. The van der Waals surface area contributed by atoms with E-state index in [1.165, 1.54) is 0 Å². The maximum absolute atomic E-state index is 12.3. The summed E-state index contributed by atoms with van der Waals surface area (Å²) < 4.78 is 5.56. The van der Waals surface area contributed by atoms with Crippen LogP contribution in [0.4, 0.5) is 5.69 Å². The first kappa shape index (κ1) is 15.6. The van der Waals surface area contributed by atoms with Crippen LogP contribution in [0.15, 0.2) is 24.3 Å². The summed E-state index contributed by atoms with van der Waals surface area (Å²) >= 11 is 0. The molecule has 0 radical (unpaired) electrons. The Morgan fingerprint density at radius 3 is 2.90 bits per heavy atom. The molecule has 1 aliphatic rings. The smallest absolute Gasteiger partial charge is 0.226 e. The van der Waals surface area contributed by atoms with Crippen LogP contribution >= 0.6 is 0 Å². The Balaban J connectivity index is 1.84. The highest BCUT2D eigenvalue weighted by Gasteiger charge is 2.24. The molecule has 0 aromatic heterocycles. The van der Waals surface area contributed by atoms with E-state index in [4.69, 9.17) is 10.5 Å². The fraction of sp³-hybridized carbons (Fsp3) is 0.562. The van der Waals surface area contributed by atoms with Gasteiger partial charge in [0, 0.05) is 6.54 Å². The summed E-state index contributed by atoms with van der Waals surface area (Å²) in [6.45, 7) is 1.08. The van der Waals surface area contributed by atoms with Crippen LogP contribution in [-0.4, -0.2) is 41.7 Å². The van der Waals surface area contributed by atoms with Gasteiger partial charge in [0.1, 0.15) is 5.75 Å². The van der Waals surface area contributed by atoms with Gasteiger partial charge in [-0.25, -0.2) is 0 Å². The van der Waals surface area contributed by atoms with Crippen molar-refractivity contribution in [1.29, 1.82) is 0 Å². The summed E-state index contributed by atoms with van der Waals surface area (Å²) in [5, 5.41) is 9.43. The lowest BCUT2D eigenvalue weighted by Crippen LogP contribution is -2.42. The Morgan fingerprint density at radius 2 is 2.14 bits per heavy atom. The Bertz CT molecular complexity index is 465. The second kappa shape index (κ2) is 7.88. The van der Waals surface area contributed by atoms with E-state index in [2.05, 4.69) is 0 Å². The average molecular weight is 292 g/mol. The van der Waals surface area contributed by atoms with Crippen molar-refractivity contribution in [3.05, 3.63) is 24.3 Å². The van der Waals surface area contributed by atoms with Gasteiger partial charge in [0.25, 0.3) is 0 Å². The number of nitrogens with zero attached hydrogens (tertiary/aromatic N) is 1. The van der Waals surface area contributed by atoms with Gasteiger partial charge < -0.3 is 20.5 Å². The fourth-order valence-electron chi connectivity index (χ4n) is 2.70. The van der Waals surface area contributed by atoms with E-state index in [-0.39, 0.29) is 18.6 Å². The van der Waals surface area contributed by atoms with E-state index in [0.29, 0.717) is 24.5 Å². The van der Waals surface area contributed by atoms with Gasteiger partial charge >= 0.3 is 0 Å². The van der Waals surface area contributed by atoms with Gasteiger partial charge in [-0.15, -0.1) is 0 Å². The molecule has 5 heteroatoms. The Labute approximate surface area is 125 Å². The van der Waals surface area contributed by atoms with Gasteiger partial charge in [-0.3, -0.25) is 4.79 Å². The molecule has 1 aromatic carbocycles. The summed E-state index contributed by atoms with van der Waals surface area (Å²) in [7, 11) is 0. The third-order valence-corrected chi connectivity index (χ3v) is 3.90.